The van der Waals surface area contributed by atoms with Crippen molar-refractivity contribution >= 4 is 45.9 Å². The number of nitrogens with one attached hydrogen (secondary N) is 1. The van der Waals surface area contributed by atoms with Crippen LogP contribution in [0.3, 0.4) is 0 Å². The van der Waals surface area contributed by atoms with Gasteiger partial charge in [0.05, 0.1) is 21.0 Å². The Balaban J connectivity index is 1.97. The molecule has 0 aliphatic carbocycles. The van der Waals surface area contributed by atoms with Crippen LogP contribution in [0, 0.1) is 0 Å². The van der Waals surface area contributed by atoms with Crippen molar-refractivity contribution in [2.75, 3.05) is 5.32 Å². The van der Waals surface area contributed by atoms with Gasteiger partial charge in [-0.15, -0.1) is 0 Å². The Morgan fingerprint density at radius 1 is 1.05 bits per heavy atom. The van der Waals surface area contributed by atoms with E-state index in [0.29, 0.717) is 16.8 Å². The summed E-state index contributed by atoms with van der Waals surface area (Å²) >= 11 is 12.0. The fourth-order valence-electron chi connectivity index (χ4n) is 1.86. The van der Waals surface area contributed by atoms with Gasteiger partial charge in [-0.1, -0.05) is 46.6 Å². The summed E-state index contributed by atoms with van der Waals surface area (Å²) in [6, 6.07) is 12.1. The second kappa shape index (κ2) is 5.15. The highest BCUT2D eigenvalue weighted by Gasteiger charge is 2.17. The van der Waals surface area contributed by atoms with E-state index in [1.54, 1.807) is 30.3 Å². The van der Waals surface area contributed by atoms with Gasteiger partial charge in [-0.25, -0.2) is 0 Å². The molecule has 1 N–H and O–H groups in total. The van der Waals surface area contributed by atoms with Crippen molar-refractivity contribution < 1.29 is 9.32 Å². The van der Waals surface area contributed by atoms with E-state index in [-0.39, 0.29) is 15.6 Å². The van der Waals surface area contributed by atoms with E-state index in [1.807, 2.05) is 12.1 Å². The highest BCUT2D eigenvalue weighted by molar-refractivity contribution is 6.40. The van der Waals surface area contributed by atoms with Crippen molar-refractivity contribution in [2.45, 2.75) is 0 Å². The third kappa shape index (κ3) is 2.24. The van der Waals surface area contributed by atoms with Crippen molar-refractivity contribution in [3.63, 3.8) is 0 Å². The molecule has 3 rings (SSSR count). The first-order chi connectivity index (χ1) is 9.66. The largest absolute Gasteiger partial charge is 0.354 e. The van der Waals surface area contributed by atoms with E-state index in [4.69, 9.17) is 27.7 Å². The van der Waals surface area contributed by atoms with Gasteiger partial charge in [-0.05, 0) is 24.3 Å². The summed E-state index contributed by atoms with van der Waals surface area (Å²) in [5, 5.41) is 7.75. The maximum atomic E-state index is 12.2. The number of carbonyl (C=O) groups excluding carboxylic acids is 1. The fourth-order valence-corrected chi connectivity index (χ4v) is 2.43. The lowest BCUT2D eigenvalue weighted by molar-refractivity contribution is 0.102. The Morgan fingerprint density at radius 3 is 2.50 bits per heavy atom. The van der Waals surface area contributed by atoms with E-state index in [9.17, 15) is 4.79 Å². The molecule has 0 saturated carbocycles. The molecular weight excluding hydrogens is 299 g/mol. The molecule has 20 heavy (non-hydrogen) atoms. The number of nitrogens with zero attached hydrogens (tertiary/aromatic N) is 1. The molecule has 1 amide bonds. The molecule has 100 valence electrons. The molecule has 0 saturated heterocycles. The van der Waals surface area contributed by atoms with E-state index in [2.05, 4.69) is 10.5 Å². The topological polar surface area (TPSA) is 55.1 Å². The summed E-state index contributed by atoms with van der Waals surface area (Å²) in [7, 11) is 0. The smallest absolute Gasteiger partial charge is 0.259 e. The minimum Gasteiger partial charge on any atom is -0.354 e. The number of benzene rings is 2. The van der Waals surface area contributed by atoms with E-state index >= 15 is 0 Å². The molecule has 0 bridgehead atoms. The summed E-state index contributed by atoms with van der Waals surface area (Å²) in [6.45, 7) is 0. The first-order valence-electron chi connectivity index (χ1n) is 5.76. The molecule has 1 heterocycles. The summed E-state index contributed by atoms with van der Waals surface area (Å²) in [6.07, 6.45) is 0. The average Bonchev–Trinajstić information content (AvgIpc) is 2.82. The van der Waals surface area contributed by atoms with Crippen LogP contribution in [0.15, 0.2) is 47.0 Å². The van der Waals surface area contributed by atoms with Crippen LogP contribution in [-0.4, -0.2) is 11.1 Å². The molecule has 0 aliphatic heterocycles. The lowest BCUT2D eigenvalue weighted by Gasteiger charge is -2.06. The van der Waals surface area contributed by atoms with Crippen molar-refractivity contribution in [3.8, 4) is 0 Å². The van der Waals surface area contributed by atoms with E-state index in [1.165, 1.54) is 0 Å². The quantitative estimate of drug-likeness (QED) is 0.764. The maximum Gasteiger partial charge on any atom is 0.259 e. The maximum absolute atomic E-state index is 12.2. The number of aromatic nitrogens is 1. The van der Waals surface area contributed by atoms with Crippen molar-refractivity contribution in [3.05, 3.63) is 58.1 Å². The molecule has 1 aromatic heterocycles. The number of rotatable bonds is 2. The molecule has 6 heteroatoms. The zero-order valence-corrected chi connectivity index (χ0v) is 11.6. The highest BCUT2D eigenvalue weighted by atomic mass is 35.5. The molecule has 4 nitrogen and oxygen atoms in total. The van der Waals surface area contributed by atoms with Gasteiger partial charge < -0.3 is 9.84 Å². The number of fused-ring (bicyclic) bond motifs is 1. The van der Waals surface area contributed by atoms with Crippen LogP contribution in [0.1, 0.15) is 10.4 Å². The molecular formula is C14H8Cl2N2O2. The number of hydrogen-bond acceptors (Lipinski definition) is 3. The second-order valence-electron chi connectivity index (χ2n) is 4.08. The Morgan fingerprint density at radius 2 is 1.75 bits per heavy atom. The van der Waals surface area contributed by atoms with E-state index in [0.717, 1.165) is 0 Å². The monoisotopic (exact) mass is 306 g/mol. The Hall–Kier alpha value is -2.04. The Bertz CT molecular complexity index is 778. The summed E-state index contributed by atoms with van der Waals surface area (Å²) in [5.41, 5.74) is 0.802. The van der Waals surface area contributed by atoms with Gasteiger partial charge in [0, 0.05) is 0 Å². The van der Waals surface area contributed by atoms with Crippen molar-refractivity contribution in [1.82, 2.24) is 5.16 Å². The van der Waals surface area contributed by atoms with Crippen molar-refractivity contribution in [2.24, 2.45) is 0 Å². The predicted octanol–water partition coefficient (Wildman–Crippen LogP) is 4.39. The van der Waals surface area contributed by atoms with E-state index < -0.39 is 5.91 Å². The third-order valence-corrected chi connectivity index (χ3v) is 3.43. The van der Waals surface area contributed by atoms with Gasteiger partial charge >= 0.3 is 0 Å². The SMILES string of the molecule is O=C(Nc1noc2ccccc12)c1c(Cl)cccc1Cl. The van der Waals surface area contributed by atoms with Gasteiger partial charge in [0.2, 0.25) is 0 Å². The van der Waals surface area contributed by atoms with Gasteiger partial charge in [-0.3, -0.25) is 4.79 Å². The normalized spacial score (nSPS) is 10.7. The van der Waals surface area contributed by atoms with Gasteiger partial charge in [0.1, 0.15) is 0 Å². The molecule has 0 aliphatic rings. The number of halogens is 2. The van der Waals surface area contributed by atoms with Crippen LogP contribution >= 0.6 is 23.2 Å². The highest BCUT2D eigenvalue weighted by Crippen LogP contribution is 2.27. The summed E-state index contributed by atoms with van der Waals surface area (Å²) in [5.74, 6) is -0.0961. The molecule has 0 fully saturated rings. The molecule has 0 atom stereocenters. The number of amides is 1. The van der Waals surface area contributed by atoms with Crippen LogP contribution in [0.5, 0.6) is 0 Å². The molecule has 3 aromatic rings. The average molecular weight is 307 g/mol. The Labute approximate surface area is 124 Å². The summed E-state index contributed by atoms with van der Waals surface area (Å²) in [4.78, 5) is 12.2. The van der Waals surface area contributed by atoms with Gasteiger partial charge in [0.25, 0.3) is 5.91 Å². The van der Waals surface area contributed by atoms with Crippen LogP contribution in [0.2, 0.25) is 10.0 Å². The number of para-hydroxylation sites is 1. The summed E-state index contributed by atoms with van der Waals surface area (Å²) < 4.78 is 5.12. The predicted molar refractivity (Wildman–Crippen MR) is 78.4 cm³/mol. The zero-order valence-electron chi connectivity index (χ0n) is 10.1. The van der Waals surface area contributed by atoms with Gasteiger partial charge in [-0.2, -0.15) is 0 Å². The number of carbonyl (C=O) groups is 1. The number of anilines is 1. The first kappa shape index (κ1) is 13.0. The molecule has 2 aromatic carbocycles. The van der Waals surface area contributed by atoms with Crippen LogP contribution in [-0.2, 0) is 0 Å². The zero-order chi connectivity index (χ0) is 14.1. The minimum absolute atomic E-state index is 0.211. The second-order valence-corrected chi connectivity index (χ2v) is 4.89. The van der Waals surface area contributed by atoms with Crippen LogP contribution < -0.4 is 5.32 Å². The first-order valence-corrected chi connectivity index (χ1v) is 6.52. The van der Waals surface area contributed by atoms with Crippen molar-refractivity contribution in [1.29, 1.82) is 0 Å². The number of hydrogen-bond donors (Lipinski definition) is 1. The van der Waals surface area contributed by atoms with Crippen LogP contribution in [0.25, 0.3) is 11.0 Å². The van der Waals surface area contributed by atoms with Crippen LogP contribution in [0.4, 0.5) is 5.82 Å². The minimum atomic E-state index is -0.431. The molecule has 0 unspecified atom stereocenters. The lowest BCUT2D eigenvalue weighted by Crippen LogP contribution is -2.13. The third-order valence-electron chi connectivity index (χ3n) is 2.80. The lowest BCUT2D eigenvalue weighted by atomic mass is 10.2. The Kier molecular flexibility index (Phi) is 3.34. The molecule has 0 radical (unpaired) electrons. The fraction of sp³-hybridized carbons (Fsp3) is 0. The standard InChI is InChI=1S/C14H8Cl2N2O2/c15-9-5-3-6-10(16)12(9)14(19)17-13-8-4-1-2-7-11(8)20-18-13/h1-7H,(H,17,18,19). The molecule has 0 spiro atoms. The van der Waals surface area contributed by atoms with Gasteiger partial charge in [0.15, 0.2) is 11.4 Å².